The molecule has 0 aromatic heterocycles. The number of primary amides is 2. The van der Waals surface area contributed by atoms with Crippen LogP contribution in [0.2, 0.25) is 0 Å². The first-order chi connectivity index (χ1) is 13.0. The summed E-state index contributed by atoms with van der Waals surface area (Å²) in [6, 6.07) is 0. The van der Waals surface area contributed by atoms with Crippen molar-refractivity contribution in [3.8, 4) is 0 Å². The average molecular weight is 380 g/mol. The Morgan fingerprint density at radius 1 is 0.704 bits per heavy atom. The summed E-state index contributed by atoms with van der Waals surface area (Å²) < 4.78 is 0. The highest BCUT2D eigenvalue weighted by Crippen LogP contribution is 2.10. The van der Waals surface area contributed by atoms with Gasteiger partial charge in [0.2, 0.25) is 5.91 Å². The van der Waals surface area contributed by atoms with E-state index < -0.39 is 23.4 Å². The van der Waals surface area contributed by atoms with Crippen LogP contribution in [0.4, 0.5) is 0 Å². The number of nitrogens with zero attached hydrogens (tertiary/aromatic N) is 1. The molecule has 6 heteroatoms. The molecule has 0 aliphatic rings. The predicted octanol–water partition coefficient (Wildman–Crippen LogP) is 3.96. The van der Waals surface area contributed by atoms with E-state index in [9.17, 15) is 14.4 Å². The molecule has 0 aromatic rings. The van der Waals surface area contributed by atoms with Gasteiger partial charge in [0.1, 0.15) is 0 Å². The second-order valence-electron chi connectivity index (χ2n) is 6.92. The molecular weight excluding hydrogens is 342 g/mol. The van der Waals surface area contributed by atoms with Crippen LogP contribution in [-0.2, 0) is 14.4 Å². The van der Waals surface area contributed by atoms with Gasteiger partial charge in [0.05, 0.1) is 0 Å². The van der Waals surface area contributed by atoms with Crippen LogP contribution < -0.4 is 11.5 Å². The molecule has 0 radical (unpaired) electrons. The zero-order valence-electron chi connectivity index (χ0n) is 16.9. The monoisotopic (exact) mass is 379 g/mol. The summed E-state index contributed by atoms with van der Waals surface area (Å²) in [5.74, 6) is -2.67. The number of allylic oxidation sites excluding steroid dienone is 2. The molecule has 0 rings (SSSR count). The summed E-state index contributed by atoms with van der Waals surface area (Å²) in [6.07, 6.45) is 20.1. The van der Waals surface area contributed by atoms with Gasteiger partial charge in [-0.05, 0) is 32.1 Å². The number of rotatable bonds is 17. The number of aliphatic imine (C=N–C) groups is 1. The molecule has 0 unspecified atom stereocenters. The number of hydrogen-bond donors (Lipinski definition) is 2. The minimum Gasteiger partial charge on any atom is -0.364 e. The van der Waals surface area contributed by atoms with Crippen molar-refractivity contribution in [2.75, 3.05) is 0 Å². The summed E-state index contributed by atoms with van der Waals surface area (Å²) >= 11 is 0. The molecule has 0 aliphatic carbocycles. The van der Waals surface area contributed by atoms with Crippen molar-refractivity contribution in [3.63, 3.8) is 0 Å². The molecule has 154 valence electrons. The van der Waals surface area contributed by atoms with Crippen molar-refractivity contribution in [1.29, 1.82) is 0 Å². The maximum Gasteiger partial charge on any atom is 0.273 e. The Morgan fingerprint density at radius 3 is 1.63 bits per heavy atom. The third-order valence-electron chi connectivity index (χ3n) is 4.36. The van der Waals surface area contributed by atoms with Gasteiger partial charge in [-0.2, -0.15) is 0 Å². The van der Waals surface area contributed by atoms with Crippen molar-refractivity contribution < 1.29 is 14.4 Å². The van der Waals surface area contributed by atoms with Gasteiger partial charge < -0.3 is 11.5 Å². The van der Waals surface area contributed by atoms with Gasteiger partial charge >= 0.3 is 0 Å². The molecule has 0 aromatic carbocycles. The third-order valence-corrected chi connectivity index (χ3v) is 4.36. The Labute approximate surface area is 163 Å². The molecule has 0 fully saturated rings. The van der Waals surface area contributed by atoms with Crippen molar-refractivity contribution >= 4 is 23.4 Å². The van der Waals surface area contributed by atoms with E-state index in [0.717, 1.165) is 32.1 Å². The highest BCUT2D eigenvalue weighted by atomic mass is 16.2. The van der Waals surface area contributed by atoms with E-state index in [4.69, 9.17) is 11.5 Å². The van der Waals surface area contributed by atoms with Crippen LogP contribution in [0.3, 0.4) is 0 Å². The van der Waals surface area contributed by atoms with Gasteiger partial charge in [-0.25, -0.2) is 4.99 Å². The highest BCUT2D eigenvalue weighted by molar-refractivity contribution is 6.65. The van der Waals surface area contributed by atoms with Gasteiger partial charge in [-0.3, -0.25) is 14.4 Å². The summed E-state index contributed by atoms with van der Waals surface area (Å²) in [5, 5.41) is 0. The second kappa shape index (κ2) is 17.4. The standard InChI is InChI=1S/C21H37N3O3/c1-2-3-4-5-6-7-8-9-10-11-12-13-14-15-16-17-18(25)24-19(20(22)26)21(23)27/h9-10H,2-8,11-17H2,1H3,(H2,22,26)(H2,23,27). The van der Waals surface area contributed by atoms with Gasteiger partial charge in [0.15, 0.2) is 5.71 Å². The second-order valence-corrected chi connectivity index (χ2v) is 6.92. The molecule has 0 bridgehead atoms. The van der Waals surface area contributed by atoms with Crippen molar-refractivity contribution in [2.45, 2.75) is 96.8 Å². The lowest BCUT2D eigenvalue weighted by Gasteiger charge is -2.00. The van der Waals surface area contributed by atoms with Gasteiger partial charge in [0, 0.05) is 6.42 Å². The number of carbonyl (C=O) groups excluding carboxylic acids is 3. The van der Waals surface area contributed by atoms with Crippen LogP contribution in [0.5, 0.6) is 0 Å². The maximum absolute atomic E-state index is 11.6. The Bertz CT molecular complexity index is 483. The fraction of sp³-hybridized carbons (Fsp3) is 0.714. The lowest BCUT2D eigenvalue weighted by Crippen LogP contribution is -2.36. The molecule has 0 aliphatic heterocycles. The van der Waals surface area contributed by atoms with Crippen LogP contribution in [0, 0.1) is 0 Å². The number of carbonyl (C=O) groups is 3. The Kier molecular flexibility index (Phi) is 16.2. The van der Waals surface area contributed by atoms with Crippen molar-refractivity contribution in [3.05, 3.63) is 12.2 Å². The van der Waals surface area contributed by atoms with E-state index in [1.165, 1.54) is 44.9 Å². The van der Waals surface area contributed by atoms with E-state index >= 15 is 0 Å². The largest absolute Gasteiger partial charge is 0.364 e. The van der Waals surface area contributed by atoms with Crippen LogP contribution in [0.25, 0.3) is 0 Å². The molecule has 0 atom stereocenters. The average Bonchev–Trinajstić information content (AvgIpc) is 2.62. The topological polar surface area (TPSA) is 116 Å². The zero-order chi connectivity index (χ0) is 20.3. The summed E-state index contributed by atoms with van der Waals surface area (Å²) in [4.78, 5) is 36.8. The predicted molar refractivity (Wildman–Crippen MR) is 110 cm³/mol. The van der Waals surface area contributed by atoms with Gasteiger partial charge in [-0.1, -0.05) is 70.4 Å². The molecule has 4 N–H and O–H groups in total. The summed E-state index contributed by atoms with van der Waals surface area (Å²) in [5.41, 5.74) is 9.21. The smallest absolute Gasteiger partial charge is 0.273 e. The van der Waals surface area contributed by atoms with Crippen molar-refractivity contribution in [2.24, 2.45) is 16.5 Å². The van der Waals surface area contributed by atoms with Gasteiger partial charge in [0.25, 0.3) is 11.8 Å². The lowest BCUT2D eigenvalue weighted by atomic mass is 10.1. The lowest BCUT2D eigenvalue weighted by molar-refractivity contribution is -0.120. The van der Waals surface area contributed by atoms with Crippen LogP contribution in [0.15, 0.2) is 17.1 Å². The number of hydrogen-bond acceptors (Lipinski definition) is 3. The highest BCUT2D eigenvalue weighted by Gasteiger charge is 2.15. The molecule has 0 saturated heterocycles. The first-order valence-electron chi connectivity index (χ1n) is 10.3. The Hall–Kier alpha value is -1.98. The van der Waals surface area contributed by atoms with E-state index in [1.54, 1.807) is 0 Å². The van der Waals surface area contributed by atoms with Gasteiger partial charge in [-0.15, -0.1) is 0 Å². The maximum atomic E-state index is 11.6. The molecule has 0 saturated carbocycles. The van der Waals surface area contributed by atoms with Crippen molar-refractivity contribution in [1.82, 2.24) is 0 Å². The summed E-state index contributed by atoms with van der Waals surface area (Å²) in [6.45, 7) is 2.24. The first-order valence-corrected chi connectivity index (χ1v) is 10.3. The zero-order valence-corrected chi connectivity index (χ0v) is 16.9. The number of amides is 3. The van der Waals surface area contributed by atoms with E-state index in [0.29, 0.717) is 6.42 Å². The Balaban J connectivity index is 3.55. The quantitative estimate of drug-likeness (QED) is 0.172. The SMILES string of the molecule is CCCCCCCCC=CCCCCCCCC(=O)N=C(C(N)=O)C(N)=O. The molecular formula is C21H37N3O3. The van der Waals surface area contributed by atoms with E-state index in [-0.39, 0.29) is 6.42 Å². The fourth-order valence-corrected chi connectivity index (χ4v) is 2.76. The summed E-state index contributed by atoms with van der Waals surface area (Å²) in [7, 11) is 0. The first kappa shape index (κ1) is 25.0. The van der Waals surface area contributed by atoms with Crippen LogP contribution in [-0.4, -0.2) is 23.4 Å². The fourth-order valence-electron chi connectivity index (χ4n) is 2.76. The Morgan fingerprint density at radius 2 is 1.15 bits per heavy atom. The number of unbranched alkanes of at least 4 members (excludes halogenated alkanes) is 11. The van der Waals surface area contributed by atoms with E-state index in [1.807, 2.05) is 0 Å². The number of nitrogens with two attached hydrogens (primary N) is 2. The normalized spacial score (nSPS) is 10.9. The third kappa shape index (κ3) is 16.0. The van der Waals surface area contributed by atoms with E-state index in [2.05, 4.69) is 24.1 Å². The molecule has 0 heterocycles. The minimum atomic E-state index is -1.07. The molecule has 3 amide bonds. The molecule has 0 spiro atoms. The molecule has 6 nitrogen and oxygen atoms in total. The van der Waals surface area contributed by atoms with Crippen LogP contribution in [0.1, 0.15) is 96.8 Å². The minimum absolute atomic E-state index is 0.197. The molecule has 27 heavy (non-hydrogen) atoms. The van der Waals surface area contributed by atoms with Crippen LogP contribution >= 0.6 is 0 Å².